The van der Waals surface area contributed by atoms with Crippen molar-refractivity contribution < 1.29 is 0 Å². The van der Waals surface area contributed by atoms with Gasteiger partial charge in [-0.05, 0) is 23.9 Å². The van der Waals surface area contributed by atoms with Gasteiger partial charge in [-0.25, -0.2) is 0 Å². The van der Waals surface area contributed by atoms with Gasteiger partial charge in [0.15, 0.2) is 0 Å². The molecule has 2 atom stereocenters. The Morgan fingerprint density at radius 3 is 2.13 bits per heavy atom. The van der Waals surface area contributed by atoms with Crippen LogP contribution in [0.2, 0.25) is 0 Å². The minimum absolute atomic E-state index is 0.567. The Labute approximate surface area is 93.9 Å². The van der Waals surface area contributed by atoms with Crippen LogP contribution in [-0.4, -0.2) is 12.6 Å². The highest BCUT2D eigenvalue weighted by atomic mass is 14.9. The predicted octanol–water partition coefficient (Wildman–Crippen LogP) is 3.42. The molecule has 0 amide bonds. The van der Waals surface area contributed by atoms with Crippen molar-refractivity contribution in [1.82, 2.24) is 5.32 Å². The first-order valence-electron chi connectivity index (χ1n) is 5.95. The average Bonchev–Trinajstić information content (AvgIpc) is 2.26. The summed E-state index contributed by atoms with van der Waals surface area (Å²) < 4.78 is 0. The summed E-state index contributed by atoms with van der Waals surface area (Å²) in [4.78, 5) is 0. The Balaban J connectivity index is 2.76. The van der Waals surface area contributed by atoms with Crippen molar-refractivity contribution in [2.75, 3.05) is 6.54 Å². The third kappa shape index (κ3) is 3.35. The smallest absolute Gasteiger partial charge is 0.0156 e. The number of nitrogens with one attached hydrogen (secondary N) is 1. The van der Waals surface area contributed by atoms with E-state index in [4.69, 9.17) is 0 Å². The lowest BCUT2D eigenvalue weighted by Crippen LogP contribution is -2.38. The fraction of sp³-hybridized carbons (Fsp3) is 0.571. The molecule has 84 valence electrons. The van der Waals surface area contributed by atoms with Crippen LogP contribution in [-0.2, 0) is 0 Å². The molecule has 1 nitrogen and oxygen atoms in total. The highest BCUT2D eigenvalue weighted by molar-refractivity contribution is 5.20. The van der Waals surface area contributed by atoms with E-state index < -0.39 is 0 Å². The summed E-state index contributed by atoms with van der Waals surface area (Å²) in [7, 11) is 0. The Hall–Kier alpha value is -0.820. The Bertz CT molecular complexity index is 266. The van der Waals surface area contributed by atoms with Gasteiger partial charge in [0.05, 0.1) is 0 Å². The zero-order valence-corrected chi connectivity index (χ0v) is 10.3. The quantitative estimate of drug-likeness (QED) is 0.776. The van der Waals surface area contributed by atoms with Gasteiger partial charge in [0, 0.05) is 6.04 Å². The molecular formula is C14H23N. The van der Waals surface area contributed by atoms with Gasteiger partial charge in [-0.3, -0.25) is 0 Å². The third-order valence-corrected chi connectivity index (χ3v) is 3.02. The highest BCUT2D eigenvalue weighted by Crippen LogP contribution is 2.23. The van der Waals surface area contributed by atoms with E-state index in [0.29, 0.717) is 17.9 Å². The fourth-order valence-electron chi connectivity index (χ4n) is 2.19. The number of benzene rings is 1. The molecule has 0 aliphatic carbocycles. The molecule has 0 radical (unpaired) electrons. The molecule has 0 aliphatic heterocycles. The zero-order chi connectivity index (χ0) is 11.3. The third-order valence-electron chi connectivity index (χ3n) is 3.02. The first-order valence-corrected chi connectivity index (χ1v) is 5.95. The predicted molar refractivity (Wildman–Crippen MR) is 67.2 cm³/mol. The maximum absolute atomic E-state index is 3.58. The van der Waals surface area contributed by atoms with Crippen molar-refractivity contribution in [3.8, 4) is 0 Å². The summed E-state index contributed by atoms with van der Waals surface area (Å²) in [6, 6.07) is 11.3. The Morgan fingerprint density at radius 1 is 1.07 bits per heavy atom. The van der Waals surface area contributed by atoms with Crippen LogP contribution in [0.25, 0.3) is 0 Å². The molecule has 0 aliphatic rings. The van der Waals surface area contributed by atoms with Crippen molar-refractivity contribution in [3.05, 3.63) is 35.9 Å². The van der Waals surface area contributed by atoms with Crippen molar-refractivity contribution >= 4 is 0 Å². The van der Waals surface area contributed by atoms with E-state index in [0.717, 1.165) is 6.54 Å². The van der Waals surface area contributed by atoms with Crippen molar-refractivity contribution in [3.63, 3.8) is 0 Å². The maximum atomic E-state index is 3.58. The second-order valence-corrected chi connectivity index (χ2v) is 4.53. The van der Waals surface area contributed by atoms with Crippen molar-refractivity contribution in [1.29, 1.82) is 0 Å². The molecule has 0 saturated heterocycles. The number of rotatable bonds is 5. The van der Waals surface area contributed by atoms with Crippen LogP contribution in [0.3, 0.4) is 0 Å². The summed E-state index contributed by atoms with van der Waals surface area (Å²) in [5, 5.41) is 3.58. The lowest BCUT2D eigenvalue weighted by molar-refractivity contribution is 0.360. The molecule has 2 unspecified atom stereocenters. The number of likely N-dealkylation sites (N-methyl/N-ethyl adjacent to an activating group) is 1. The summed E-state index contributed by atoms with van der Waals surface area (Å²) in [6.07, 6.45) is 0. The Morgan fingerprint density at radius 2 is 1.67 bits per heavy atom. The second-order valence-electron chi connectivity index (χ2n) is 4.53. The van der Waals surface area contributed by atoms with E-state index in [1.54, 1.807) is 0 Å². The van der Waals surface area contributed by atoms with E-state index in [1.165, 1.54) is 5.56 Å². The number of hydrogen-bond donors (Lipinski definition) is 1. The van der Waals surface area contributed by atoms with E-state index >= 15 is 0 Å². The minimum atomic E-state index is 0.567. The molecule has 1 rings (SSSR count). The summed E-state index contributed by atoms with van der Waals surface area (Å²) in [5.41, 5.74) is 1.43. The monoisotopic (exact) mass is 205 g/mol. The van der Waals surface area contributed by atoms with Crippen LogP contribution in [0.4, 0.5) is 0 Å². The van der Waals surface area contributed by atoms with Crippen molar-refractivity contribution in [2.45, 2.75) is 39.7 Å². The van der Waals surface area contributed by atoms with Gasteiger partial charge in [-0.1, -0.05) is 58.0 Å². The molecule has 15 heavy (non-hydrogen) atoms. The second kappa shape index (κ2) is 5.92. The van der Waals surface area contributed by atoms with Crippen LogP contribution in [0, 0.1) is 5.92 Å². The zero-order valence-electron chi connectivity index (χ0n) is 10.3. The van der Waals surface area contributed by atoms with Gasteiger partial charge < -0.3 is 5.32 Å². The molecule has 0 heterocycles. The first kappa shape index (κ1) is 12.3. The van der Waals surface area contributed by atoms with E-state index in [9.17, 15) is 0 Å². The highest BCUT2D eigenvalue weighted by Gasteiger charge is 2.20. The van der Waals surface area contributed by atoms with Gasteiger partial charge >= 0.3 is 0 Å². The lowest BCUT2D eigenvalue weighted by atomic mass is 9.86. The molecule has 1 heteroatoms. The van der Waals surface area contributed by atoms with Crippen LogP contribution < -0.4 is 5.32 Å². The van der Waals surface area contributed by atoms with Crippen LogP contribution in [0.5, 0.6) is 0 Å². The summed E-state index contributed by atoms with van der Waals surface area (Å²) in [5.74, 6) is 1.24. The summed E-state index contributed by atoms with van der Waals surface area (Å²) >= 11 is 0. The van der Waals surface area contributed by atoms with Gasteiger partial charge in [0.1, 0.15) is 0 Å². The molecule has 0 fully saturated rings. The van der Waals surface area contributed by atoms with Gasteiger partial charge in [0.25, 0.3) is 0 Å². The molecule has 1 N–H and O–H groups in total. The normalized spacial score (nSPS) is 15.3. The van der Waals surface area contributed by atoms with Crippen LogP contribution >= 0.6 is 0 Å². The largest absolute Gasteiger partial charge is 0.313 e. The van der Waals surface area contributed by atoms with Gasteiger partial charge in [-0.2, -0.15) is 0 Å². The van der Waals surface area contributed by atoms with E-state index in [-0.39, 0.29) is 0 Å². The first-order chi connectivity index (χ1) is 7.16. The minimum Gasteiger partial charge on any atom is -0.313 e. The maximum Gasteiger partial charge on any atom is 0.0156 e. The van der Waals surface area contributed by atoms with E-state index in [2.05, 4.69) is 63.3 Å². The summed E-state index contributed by atoms with van der Waals surface area (Å²) in [6.45, 7) is 10.1. The fourth-order valence-corrected chi connectivity index (χ4v) is 2.19. The van der Waals surface area contributed by atoms with Crippen LogP contribution in [0.15, 0.2) is 30.3 Å². The molecule has 1 aromatic rings. The lowest BCUT2D eigenvalue weighted by Gasteiger charge is -2.28. The molecule has 0 spiro atoms. The van der Waals surface area contributed by atoms with Gasteiger partial charge in [0.2, 0.25) is 0 Å². The molecule has 0 aromatic heterocycles. The molecular weight excluding hydrogens is 182 g/mol. The SMILES string of the molecule is CCNC(C(C)C)C(C)c1ccccc1. The number of hydrogen-bond acceptors (Lipinski definition) is 1. The van der Waals surface area contributed by atoms with Crippen molar-refractivity contribution in [2.24, 2.45) is 5.92 Å². The van der Waals surface area contributed by atoms with E-state index in [1.807, 2.05) is 0 Å². The molecule has 0 bridgehead atoms. The average molecular weight is 205 g/mol. The topological polar surface area (TPSA) is 12.0 Å². The van der Waals surface area contributed by atoms with Crippen LogP contribution in [0.1, 0.15) is 39.2 Å². The van der Waals surface area contributed by atoms with Gasteiger partial charge in [-0.15, -0.1) is 0 Å². The Kier molecular flexibility index (Phi) is 4.83. The molecule has 0 saturated carbocycles. The standard InChI is InChI=1S/C14H23N/c1-5-15-14(11(2)3)12(4)13-9-7-6-8-10-13/h6-12,14-15H,5H2,1-4H3. The molecule has 1 aromatic carbocycles.